The molecule has 0 heterocycles. The summed E-state index contributed by atoms with van der Waals surface area (Å²) in [6.07, 6.45) is 0.828. The molecule has 1 rings (SSSR count). The predicted octanol–water partition coefficient (Wildman–Crippen LogP) is 1.22. The van der Waals surface area contributed by atoms with Gasteiger partial charge in [0.25, 0.3) is 0 Å². The van der Waals surface area contributed by atoms with Gasteiger partial charge in [-0.25, -0.2) is 0 Å². The lowest BCUT2D eigenvalue weighted by atomic mass is 10.0. The topological polar surface area (TPSA) is 107 Å². The molecule has 1 aromatic carbocycles. The van der Waals surface area contributed by atoms with E-state index in [4.69, 9.17) is 10.5 Å². The SMILES string of the molecule is CCCNC(C)(COc1ccccc1[N+](=O)[O-])C(N)=O. The summed E-state index contributed by atoms with van der Waals surface area (Å²) in [4.78, 5) is 21.9. The summed E-state index contributed by atoms with van der Waals surface area (Å²) in [7, 11) is 0. The van der Waals surface area contributed by atoms with Crippen molar-refractivity contribution in [2.75, 3.05) is 13.2 Å². The number of nitro benzene ring substituents is 1. The number of benzene rings is 1. The molecule has 1 aromatic rings. The van der Waals surface area contributed by atoms with Crippen LogP contribution in [0.5, 0.6) is 5.75 Å². The summed E-state index contributed by atoms with van der Waals surface area (Å²) in [5.74, 6) is -0.451. The fourth-order valence-corrected chi connectivity index (χ4v) is 1.56. The molecular formula is C13H19N3O4. The molecule has 0 saturated carbocycles. The third-order valence-corrected chi connectivity index (χ3v) is 2.89. The maximum absolute atomic E-state index is 11.5. The van der Waals surface area contributed by atoms with Gasteiger partial charge in [-0.1, -0.05) is 19.1 Å². The zero-order chi connectivity index (χ0) is 15.2. The fraction of sp³-hybridized carbons (Fsp3) is 0.462. The summed E-state index contributed by atoms with van der Waals surface area (Å²) in [5, 5.41) is 13.9. The fourth-order valence-electron chi connectivity index (χ4n) is 1.56. The van der Waals surface area contributed by atoms with E-state index in [1.165, 1.54) is 12.1 Å². The predicted molar refractivity (Wildman–Crippen MR) is 74.5 cm³/mol. The molecule has 7 nitrogen and oxygen atoms in total. The summed E-state index contributed by atoms with van der Waals surface area (Å²) in [6, 6.07) is 6.01. The normalized spacial score (nSPS) is 13.5. The molecule has 1 atom stereocenters. The van der Waals surface area contributed by atoms with Crippen molar-refractivity contribution in [2.45, 2.75) is 25.8 Å². The highest BCUT2D eigenvalue weighted by Crippen LogP contribution is 2.26. The van der Waals surface area contributed by atoms with Crippen LogP contribution in [0.3, 0.4) is 0 Å². The van der Waals surface area contributed by atoms with E-state index in [9.17, 15) is 14.9 Å². The third-order valence-electron chi connectivity index (χ3n) is 2.89. The van der Waals surface area contributed by atoms with E-state index in [2.05, 4.69) is 5.32 Å². The van der Waals surface area contributed by atoms with Gasteiger partial charge < -0.3 is 15.8 Å². The van der Waals surface area contributed by atoms with Gasteiger partial charge in [-0.3, -0.25) is 14.9 Å². The standard InChI is InChI=1S/C13H19N3O4/c1-3-8-15-13(2,12(14)17)9-20-11-7-5-4-6-10(11)16(18)19/h4-7,15H,3,8-9H2,1-2H3,(H2,14,17). The molecule has 0 aromatic heterocycles. The Morgan fingerprint density at radius 3 is 2.70 bits per heavy atom. The van der Waals surface area contributed by atoms with E-state index < -0.39 is 16.4 Å². The number of para-hydroxylation sites is 2. The highest BCUT2D eigenvalue weighted by Gasteiger charge is 2.32. The minimum Gasteiger partial charge on any atom is -0.484 e. The number of hydrogen-bond donors (Lipinski definition) is 2. The van der Waals surface area contributed by atoms with Crippen LogP contribution in [-0.2, 0) is 4.79 Å². The molecule has 0 saturated heterocycles. The quantitative estimate of drug-likeness (QED) is 0.550. The Hall–Kier alpha value is -2.15. The number of nitro groups is 1. The van der Waals surface area contributed by atoms with Crippen LogP contribution >= 0.6 is 0 Å². The molecule has 3 N–H and O–H groups in total. The van der Waals surface area contributed by atoms with Crippen LogP contribution in [0.25, 0.3) is 0 Å². The van der Waals surface area contributed by atoms with E-state index in [-0.39, 0.29) is 18.0 Å². The number of hydrogen-bond acceptors (Lipinski definition) is 5. The average Bonchev–Trinajstić information content (AvgIpc) is 2.43. The van der Waals surface area contributed by atoms with Gasteiger partial charge in [0.2, 0.25) is 5.91 Å². The van der Waals surface area contributed by atoms with Gasteiger partial charge in [-0.15, -0.1) is 0 Å². The van der Waals surface area contributed by atoms with E-state index >= 15 is 0 Å². The van der Waals surface area contributed by atoms with Gasteiger partial charge in [0, 0.05) is 6.07 Å². The second kappa shape index (κ2) is 6.85. The monoisotopic (exact) mass is 281 g/mol. The van der Waals surface area contributed by atoms with E-state index in [0.29, 0.717) is 6.54 Å². The molecule has 0 aliphatic carbocycles. The van der Waals surface area contributed by atoms with Crippen LogP contribution in [0.15, 0.2) is 24.3 Å². The third kappa shape index (κ3) is 3.92. The molecule has 0 spiro atoms. The Labute approximate surface area is 117 Å². The van der Waals surface area contributed by atoms with E-state index in [1.807, 2.05) is 6.92 Å². The highest BCUT2D eigenvalue weighted by atomic mass is 16.6. The van der Waals surface area contributed by atoms with Crippen LogP contribution < -0.4 is 15.8 Å². The average molecular weight is 281 g/mol. The first-order chi connectivity index (χ1) is 9.40. The van der Waals surface area contributed by atoms with Crippen molar-refractivity contribution in [1.29, 1.82) is 0 Å². The van der Waals surface area contributed by atoms with Crippen LogP contribution in [0.2, 0.25) is 0 Å². The number of carbonyl (C=O) groups is 1. The van der Waals surface area contributed by atoms with Crippen molar-refractivity contribution in [3.05, 3.63) is 34.4 Å². The first-order valence-corrected chi connectivity index (χ1v) is 6.32. The Bertz CT molecular complexity index is 492. The molecule has 110 valence electrons. The summed E-state index contributed by atoms with van der Waals surface area (Å²) in [6.45, 7) is 4.09. The molecule has 0 radical (unpaired) electrons. The molecule has 1 unspecified atom stereocenters. The van der Waals surface area contributed by atoms with Crippen molar-refractivity contribution in [2.24, 2.45) is 5.73 Å². The Morgan fingerprint density at radius 1 is 1.50 bits per heavy atom. The number of nitrogens with zero attached hydrogens (tertiary/aromatic N) is 1. The zero-order valence-electron chi connectivity index (χ0n) is 11.6. The number of nitrogens with one attached hydrogen (secondary N) is 1. The molecule has 1 amide bonds. The van der Waals surface area contributed by atoms with E-state index in [1.54, 1.807) is 19.1 Å². The lowest BCUT2D eigenvalue weighted by Gasteiger charge is -2.27. The number of rotatable bonds is 8. The molecule has 7 heteroatoms. The van der Waals surface area contributed by atoms with Gasteiger partial charge in [0.15, 0.2) is 5.75 Å². The molecular weight excluding hydrogens is 262 g/mol. The Balaban J connectivity index is 2.83. The lowest BCUT2D eigenvalue weighted by molar-refractivity contribution is -0.385. The van der Waals surface area contributed by atoms with Crippen LogP contribution in [0.4, 0.5) is 5.69 Å². The second-order valence-electron chi connectivity index (χ2n) is 4.64. The molecule has 0 fully saturated rings. The van der Waals surface area contributed by atoms with Crippen molar-refractivity contribution >= 4 is 11.6 Å². The maximum Gasteiger partial charge on any atom is 0.310 e. The molecule has 0 bridgehead atoms. The number of nitrogens with two attached hydrogens (primary N) is 1. The Morgan fingerprint density at radius 2 is 2.15 bits per heavy atom. The van der Waals surface area contributed by atoms with Crippen LogP contribution in [0, 0.1) is 10.1 Å². The lowest BCUT2D eigenvalue weighted by Crippen LogP contribution is -2.57. The van der Waals surface area contributed by atoms with Gasteiger partial charge in [0.1, 0.15) is 12.1 Å². The molecule has 0 aliphatic rings. The maximum atomic E-state index is 11.5. The van der Waals surface area contributed by atoms with Crippen molar-refractivity contribution in [3.63, 3.8) is 0 Å². The van der Waals surface area contributed by atoms with E-state index in [0.717, 1.165) is 6.42 Å². The largest absolute Gasteiger partial charge is 0.484 e. The number of ether oxygens (including phenoxy) is 1. The van der Waals surface area contributed by atoms with Gasteiger partial charge in [0.05, 0.1) is 4.92 Å². The zero-order valence-corrected chi connectivity index (χ0v) is 11.6. The summed E-state index contributed by atoms with van der Waals surface area (Å²) in [5.41, 5.74) is 4.15. The second-order valence-corrected chi connectivity index (χ2v) is 4.64. The number of carbonyl (C=O) groups excluding carboxylic acids is 1. The Kier molecular flexibility index (Phi) is 5.45. The highest BCUT2D eigenvalue weighted by molar-refractivity contribution is 5.84. The van der Waals surface area contributed by atoms with Crippen LogP contribution in [0.1, 0.15) is 20.3 Å². The smallest absolute Gasteiger partial charge is 0.310 e. The molecule has 20 heavy (non-hydrogen) atoms. The van der Waals surface area contributed by atoms with Gasteiger partial charge >= 0.3 is 5.69 Å². The first-order valence-electron chi connectivity index (χ1n) is 6.32. The minimum atomic E-state index is -1.07. The number of amides is 1. The van der Waals surface area contributed by atoms with Gasteiger partial charge in [-0.2, -0.15) is 0 Å². The summed E-state index contributed by atoms with van der Waals surface area (Å²) < 4.78 is 5.42. The van der Waals surface area contributed by atoms with Gasteiger partial charge in [-0.05, 0) is 26.0 Å². The first kappa shape index (κ1) is 15.9. The van der Waals surface area contributed by atoms with Crippen molar-refractivity contribution in [1.82, 2.24) is 5.32 Å². The van der Waals surface area contributed by atoms with Crippen molar-refractivity contribution < 1.29 is 14.5 Å². The molecule has 0 aliphatic heterocycles. The number of primary amides is 1. The van der Waals surface area contributed by atoms with Crippen molar-refractivity contribution in [3.8, 4) is 5.75 Å². The van der Waals surface area contributed by atoms with Crippen LogP contribution in [-0.4, -0.2) is 29.5 Å². The minimum absolute atomic E-state index is 0.0762. The summed E-state index contributed by atoms with van der Waals surface area (Å²) >= 11 is 0.